The molecule has 1 aromatic heterocycles. The van der Waals surface area contributed by atoms with Crippen molar-refractivity contribution in [2.75, 3.05) is 6.61 Å². The molecule has 0 aliphatic heterocycles. The highest BCUT2D eigenvalue weighted by molar-refractivity contribution is 5.92. The maximum absolute atomic E-state index is 14.7. The van der Waals surface area contributed by atoms with Gasteiger partial charge in [0.15, 0.2) is 6.10 Å². The van der Waals surface area contributed by atoms with Crippen LogP contribution in [0.1, 0.15) is 118 Å². The summed E-state index contributed by atoms with van der Waals surface area (Å²) in [7, 11) is 0. The Bertz CT molecular complexity index is 1380. The van der Waals surface area contributed by atoms with E-state index in [1.807, 2.05) is 31.2 Å². The molecule has 1 atom stereocenters. The van der Waals surface area contributed by atoms with Gasteiger partial charge in [-0.2, -0.15) is 13.2 Å². The van der Waals surface area contributed by atoms with Gasteiger partial charge in [0.25, 0.3) is 0 Å². The number of rotatable bonds is 20. The topological polar surface area (TPSA) is 74.7 Å². The van der Waals surface area contributed by atoms with Crippen LogP contribution in [0.2, 0.25) is 0 Å². The smallest absolute Gasteiger partial charge is 0.425 e. The number of alkyl halides is 3. The van der Waals surface area contributed by atoms with Crippen LogP contribution in [0.4, 0.5) is 17.6 Å². The van der Waals surface area contributed by atoms with E-state index >= 15 is 0 Å². The van der Waals surface area contributed by atoms with E-state index in [0.29, 0.717) is 18.7 Å². The summed E-state index contributed by atoms with van der Waals surface area (Å²) in [6.45, 7) is 4.81. The quantitative estimate of drug-likeness (QED) is 0.0520. The van der Waals surface area contributed by atoms with Gasteiger partial charge in [0.05, 0.1) is 23.4 Å². The lowest BCUT2D eigenvalue weighted by Gasteiger charge is -2.21. The molecule has 3 aromatic rings. The van der Waals surface area contributed by atoms with Crippen LogP contribution in [-0.4, -0.2) is 35.8 Å². The molecule has 1 unspecified atom stereocenters. The molecule has 0 saturated heterocycles. The van der Waals surface area contributed by atoms with Crippen LogP contribution in [-0.2, 0) is 4.74 Å². The second-order valence-electron chi connectivity index (χ2n) is 11.6. The van der Waals surface area contributed by atoms with Gasteiger partial charge < -0.3 is 14.2 Å². The van der Waals surface area contributed by atoms with Gasteiger partial charge in [-0.15, -0.1) is 0 Å². The van der Waals surface area contributed by atoms with Crippen LogP contribution >= 0.6 is 0 Å². The van der Waals surface area contributed by atoms with Gasteiger partial charge in [-0.05, 0) is 67.8 Å². The molecule has 0 radical (unpaired) electrons. The number of unbranched alkanes of at least 4 members (excludes halogenated alkanes) is 10. The fraction of sp³-hybridized carbons (Fsp3) is 0.486. The summed E-state index contributed by atoms with van der Waals surface area (Å²) in [4.78, 5) is 29.3. The SMILES string of the molecule is CCCCCCCCCCOc1ccc(-c2ccc(C(=O)Oc3ccc(C(=O)OC(CCCCCC)C(F)(F)F)c(F)c3)cn2)cc1. The Kier molecular flexibility index (Phi) is 15.7. The summed E-state index contributed by atoms with van der Waals surface area (Å²) < 4.78 is 70.5. The Morgan fingerprint density at radius 3 is 1.96 bits per heavy atom. The van der Waals surface area contributed by atoms with Crippen molar-refractivity contribution in [1.82, 2.24) is 4.98 Å². The van der Waals surface area contributed by atoms with Gasteiger partial charge in [-0.25, -0.2) is 14.0 Å². The highest BCUT2D eigenvalue weighted by Crippen LogP contribution is 2.29. The average Bonchev–Trinajstić information content (AvgIpc) is 3.05. The van der Waals surface area contributed by atoms with Crippen LogP contribution in [0.3, 0.4) is 0 Å². The lowest BCUT2D eigenvalue weighted by Crippen LogP contribution is -2.34. The number of hydrogen-bond donors (Lipinski definition) is 0. The number of benzene rings is 2. The molecule has 0 bridgehead atoms. The number of ether oxygens (including phenoxy) is 3. The summed E-state index contributed by atoms with van der Waals surface area (Å²) in [5, 5.41) is 0. The number of halogens is 4. The molecular weight excluding hydrogens is 614 g/mol. The maximum Gasteiger partial charge on any atom is 0.425 e. The van der Waals surface area contributed by atoms with E-state index in [0.717, 1.165) is 55.2 Å². The van der Waals surface area contributed by atoms with Gasteiger partial charge in [0.1, 0.15) is 17.3 Å². The minimum absolute atomic E-state index is 0.0963. The van der Waals surface area contributed by atoms with E-state index in [1.165, 1.54) is 50.8 Å². The standard InChI is InChI=1S/C37H45F4NO5/c1-3-5-7-9-10-11-12-14-24-45-29-19-16-27(17-20-29)33-23-18-28(26-42-33)35(43)46-30-21-22-31(32(38)25-30)36(44)47-34(37(39,40)41)15-13-8-6-4-2/h16-23,25-26,34H,3-15,24H2,1-2H3. The third-order valence-corrected chi connectivity index (χ3v) is 7.72. The lowest BCUT2D eigenvalue weighted by atomic mass is 10.1. The van der Waals surface area contributed by atoms with Crippen molar-refractivity contribution < 1.29 is 41.4 Å². The highest BCUT2D eigenvalue weighted by atomic mass is 19.4. The number of carbonyl (C=O) groups excluding carboxylic acids is 2. The van der Waals surface area contributed by atoms with E-state index in [9.17, 15) is 27.2 Å². The molecule has 10 heteroatoms. The number of aromatic nitrogens is 1. The largest absolute Gasteiger partial charge is 0.494 e. The zero-order chi connectivity index (χ0) is 34.1. The van der Waals surface area contributed by atoms with E-state index < -0.39 is 42.0 Å². The molecule has 6 nitrogen and oxygen atoms in total. The maximum atomic E-state index is 14.7. The third kappa shape index (κ3) is 13.0. The van der Waals surface area contributed by atoms with Crippen LogP contribution in [0.5, 0.6) is 11.5 Å². The van der Waals surface area contributed by atoms with Gasteiger partial charge in [-0.3, -0.25) is 4.98 Å². The lowest BCUT2D eigenvalue weighted by molar-refractivity contribution is -0.206. The van der Waals surface area contributed by atoms with Crippen molar-refractivity contribution in [2.45, 2.75) is 110 Å². The van der Waals surface area contributed by atoms with Crippen molar-refractivity contribution in [3.8, 4) is 22.8 Å². The zero-order valence-corrected chi connectivity index (χ0v) is 27.3. The first-order chi connectivity index (χ1) is 22.6. The molecule has 0 amide bonds. The summed E-state index contributed by atoms with van der Waals surface area (Å²) in [6, 6.07) is 13.4. The monoisotopic (exact) mass is 659 g/mol. The minimum atomic E-state index is -4.78. The number of nitrogens with zero attached hydrogens (tertiary/aromatic N) is 1. The third-order valence-electron chi connectivity index (χ3n) is 7.72. The van der Waals surface area contributed by atoms with Crippen LogP contribution in [0.15, 0.2) is 60.8 Å². The molecule has 0 aliphatic rings. The molecule has 2 aromatic carbocycles. The van der Waals surface area contributed by atoms with E-state index in [-0.39, 0.29) is 17.7 Å². The molecule has 256 valence electrons. The number of esters is 2. The molecule has 47 heavy (non-hydrogen) atoms. The van der Waals surface area contributed by atoms with Crippen molar-refractivity contribution in [3.05, 3.63) is 77.7 Å². The molecule has 0 aliphatic carbocycles. The zero-order valence-electron chi connectivity index (χ0n) is 27.3. The van der Waals surface area contributed by atoms with Crippen molar-refractivity contribution in [2.24, 2.45) is 0 Å². The second kappa shape index (κ2) is 19.7. The van der Waals surface area contributed by atoms with Gasteiger partial charge >= 0.3 is 18.1 Å². The van der Waals surface area contributed by atoms with Gasteiger partial charge in [0.2, 0.25) is 0 Å². The summed E-state index contributed by atoms with van der Waals surface area (Å²) >= 11 is 0. The first-order valence-electron chi connectivity index (χ1n) is 16.6. The van der Waals surface area contributed by atoms with E-state index in [1.54, 1.807) is 6.07 Å². The molecule has 3 rings (SSSR count). The fourth-order valence-electron chi connectivity index (χ4n) is 4.96. The average molecular weight is 660 g/mol. The van der Waals surface area contributed by atoms with Crippen molar-refractivity contribution in [3.63, 3.8) is 0 Å². The van der Waals surface area contributed by atoms with Crippen LogP contribution in [0, 0.1) is 5.82 Å². The highest BCUT2D eigenvalue weighted by Gasteiger charge is 2.42. The predicted molar refractivity (Wildman–Crippen MR) is 173 cm³/mol. The summed E-state index contributed by atoms with van der Waals surface area (Å²) in [5.74, 6) is -2.91. The molecule has 0 spiro atoms. The molecule has 0 N–H and O–H groups in total. The Morgan fingerprint density at radius 1 is 0.745 bits per heavy atom. The second-order valence-corrected chi connectivity index (χ2v) is 11.6. The Hall–Kier alpha value is -3.95. The van der Waals surface area contributed by atoms with E-state index in [2.05, 4.69) is 16.6 Å². The minimum Gasteiger partial charge on any atom is -0.494 e. The van der Waals surface area contributed by atoms with Crippen molar-refractivity contribution in [1.29, 1.82) is 0 Å². The fourth-order valence-corrected chi connectivity index (χ4v) is 4.96. The van der Waals surface area contributed by atoms with Crippen LogP contribution < -0.4 is 9.47 Å². The number of carbonyl (C=O) groups is 2. The van der Waals surface area contributed by atoms with Crippen LogP contribution in [0.25, 0.3) is 11.3 Å². The first-order valence-corrected chi connectivity index (χ1v) is 16.6. The molecule has 1 heterocycles. The predicted octanol–water partition coefficient (Wildman–Crippen LogP) is 10.7. The van der Waals surface area contributed by atoms with Gasteiger partial charge in [0, 0.05) is 17.8 Å². The van der Waals surface area contributed by atoms with Crippen molar-refractivity contribution >= 4 is 11.9 Å². The van der Waals surface area contributed by atoms with Gasteiger partial charge in [-0.1, -0.05) is 78.1 Å². The van der Waals surface area contributed by atoms with E-state index in [4.69, 9.17) is 9.47 Å². The Labute approximate surface area is 274 Å². The number of hydrogen-bond acceptors (Lipinski definition) is 6. The Balaban J connectivity index is 1.49. The Morgan fingerprint density at radius 2 is 1.36 bits per heavy atom. The molecular formula is C37H45F4NO5. The molecule has 0 saturated carbocycles. The summed E-state index contributed by atoms with van der Waals surface area (Å²) in [6.07, 6.45) is 6.06. The number of pyridine rings is 1. The normalized spacial score (nSPS) is 12.0. The first kappa shape index (κ1) is 37.5. The molecule has 0 fully saturated rings. The summed E-state index contributed by atoms with van der Waals surface area (Å²) in [5.41, 5.74) is 0.845.